The molecule has 5 nitrogen and oxygen atoms in total. The number of anilines is 1. The summed E-state index contributed by atoms with van der Waals surface area (Å²) in [6, 6.07) is 21.2. The Hall–Kier alpha value is -3.38. The molecule has 0 unspecified atom stereocenters. The number of thiazole rings is 1. The lowest BCUT2D eigenvalue weighted by Crippen LogP contribution is -2.20. The van der Waals surface area contributed by atoms with E-state index in [0.29, 0.717) is 12.4 Å². The molecule has 0 atom stereocenters. The predicted octanol–water partition coefficient (Wildman–Crippen LogP) is 5.69. The van der Waals surface area contributed by atoms with Crippen molar-refractivity contribution in [1.29, 1.82) is 0 Å². The van der Waals surface area contributed by atoms with Crippen LogP contribution in [-0.4, -0.2) is 24.1 Å². The normalized spacial score (nSPS) is 10.7. The summed E-state index contributed by atoms with van der Waals surface area (Å²) in [7, 11) is 0. The van der Waals surface area contributed by atoms with Crippen LogP contribution in [0.25, 0.3) is 20.8 Å². The van der Waals surface area contributed by atoms with Gasteiger partial charge in [0.2, 0.25) is 0 Å². The Balaban J connectivity index is 1.35. The molecule has 0 bridgehead atoms. The van der Waals surface area contributed by atoms with Crippen molar-refractivity contribution < 1.29 is 14.3 Å². The highest BCUT2D eigenvalue weighted by atomic mass is 32.1. The van der Waals surface area contributed by atoms with Crippen LogP contribution in [0, 0.1) is 6.92 Å². The number of nitrogens with zero attached hydrogens (tertiary/aromatic N) is 1. The number of carbonyl (C=O) groups excluding carboxylic acids is 1. The molecule has 1 N–H and O–H groups in total. The number of hydrogen-bond donors (Lipinski definition) is 1. The van der Waals surface area contributed by atoms with E-state index in [1.165, 1.54) is 10.3 Å². The second-order valence-electron chi connectivity index (χ2n) is 6.81. The zero-order valence-corrected chi connectivity index (χ0v) is 17.7. The Kier molecular flexibility index (Phi) is 5.95. The summed E-state index contributed by atoms with van der Waals surface area (Å²) in [5.74, 6) is 1.18. The van der Waals surface area contributed by atoms with Gasteiger partial charge in [0.1, 0.15) is 16.5 Å². The zero-order valence-electron chi connectivity index (χ0n) is 16.8. The molecule has 0 spiro atoms. The number of hydrogen-bond acceptors (Lipinski definition) is 5. The van der Waals surface area contributed by atoms with E-state index < -0.39 is 0 Å². The number of aromatic nitrogens is 1. The molecular weight excluding hydrogens is 396 g/mol. The molecule has 0 aliphatic carbocycles. The molecule has 1 aromatic heterocycles. The molecule has 3 aromatic carbocycles. The van der Waals surface area contributed by atoms with Gasteiger partial charge in [-0.05, 0) is 80.1 Å². The van der Waals surface area contributed by atoms with Crippen LogP contribution in [0.15, 0.2) is 66.7 Å². The van der Waals surface area contributed by atoms with Gasteiger partial charge >= 0.3 is 0 Å². The number of carbonyl (C=O) groups is 1. The number of benzene rings is 3. The third-order valence-electron chi connectivity index (χ3n) is 4.46. The number of aryl methyl sites for hydroxylation is 1. The molecule has 0 saturated carbocycles. The van der Waals surface area contributed by atoms with Gasteiger partial charge in [-0.3, -0.25) is 4.79 Å². The van der Waals surface area contributed by atoms with Crippen LogP contribution >= 0.6 is 11.3 Å². The molecule has 1 amide bonds. The van der Waals surface area contributed by atoms with E-state index in [4.69, 9.17) is 14.5 Å². The van der Waals surface area contributed by atoms with Crippen LogP contribution in [-0.2, 0) is 4.79 Å². The first-order valence-electron chi connectivity index (χ1n) is 9.74. The van der Waals surface area contributed by atoms with Gasteiger partial charge in [-0.1, -0.05) is 6.07 Å². The number of fused-ring (bicyclic) bond motifs is 1. The Bertz CT molecular complexity index is 1150. The highest BCUT2D eigenvalue weighted by molar-refractivity contribution is 7.21. The van der Waals surface area contributed by atoms with Gasteiger partial charge in [0.15, 0.2) is 6.61 Å². The van der Waals surface area contributed by atoms with E-state index in [2.05, 4.69) is 24.4 Å². The summed E-state index contributed by atoms with van der Waals surface area (Å²) in [4.78, 5) is 16.9. The van der Waals surface area contributed by atoms with Crippen molar-refractivity contribution in [3.63, 3.8) is 0 Å². The molecule has 152 valence electrons. The molecule has 0 aliphatic rings. The first-order chi connectivity index (χ1) is 14.6. The lowest BCUT2D eigenvalue weighted by molar-refractivity contribution is -0.118. The Morgan fingerprint density at radius 1 is 0.967 bits per heavy atom. The second-order valence-corrected chi connectivity index (χ2v) is 7.84. The van der Waals surface area contributed by atoms with Crippen LogP contribution in [0.1, 0.15) is 12.5 Å². The molecule has 30 heavy (non-hydrogen) atoms. The Morgan fingerprint density at radius 2 is 1.67 bits per heavy atom. The minimum absolute atomic E-state index is 0.0625. The standard InChI is InChI=1S/C24H22N2O3S/c1-3-28-19-9-11-20(12-10-19)29-15-23(27)25-18-7-5-17(6-8-18)24-26-21-13-4-16(2)14-22(21)30-24/h4-14H,3,15H2,1-2H3,(H,25,27). The third kappa shape index (κ3) is 4.78. The summed E-state index contributed by atoms with van der Waals surface area (Å²) in [5, 5.41) is 3.82. The fourth-order valence-electron chi connectivity index (χ4n) is 3.00. The number of nitrogens with one attached hydrogen (secondary N) is 1. The SMILES string of the molecule is CCOc1ccc(OCC(=O)Nc2ccc(-c3nc4ccc(C)cc4s3)cc2)cc1. The van der Waals surface area contributed by atoms with Gasteiger partial charge in [-0.15, -0.1) is 11.3 Å². The highest BCUT2D eigenvalue weighted by Gasteiger charge is 2.08. The Morgan fingerprint density at radius 3 is 2.37 bits per heavy atom. The lowest BCUT2D eigenvalue weighted by Gasteiger charge is -2.09. The molecule has 1 heterocycles. The van der Waals surface area contributed by atoms with Crippen molar-refractivity contribution in [2.75, 3.05) is 18.5 Å². The molecule has 0 saturated heterocycles. The maximum absolute atomic E-state index is 12.2. The zero-order chi connectivity index (χ0) is 20.9. The molecule has 0 aliphatic heterocycles. The largest absolute Gasteiger partial charge is 0.494 e. The topological polar surface area (TPSA) is 60.5 Å². The summed E-state index contributed by atoms with van der Waals surface area (Å²) in [6.45, 7) is 4.56. The average molecular weight is 419 g/mol. The van der Waals surface area contributed by atoms with Gasteiger partial charge in [0, 0.05) is 11.3 Å². The van der Waals surface area contributed by atoms with Crippen LogP contribution in [0.4, 0.5) is 5.69 Å². The van der Waals surface area contributed by atoms with Crippen LogP contribution < -0.4 is 14.8 Å². The smallest absolute Gasteiger partial charge is 0.262 e. The van der Waals surface area contributed by atoms with Crippen LogP contribution in [0.2, 0.25) is 0 Å². The first-order valence-corrected chi connectivity index (χ1v) is 10.6. The van der Waals surface area contributed by atoms with Crippen LogP contribution in [0.5, 0.6) is 11.5 Å². The second kappa shape index (κ2) is 8.97. The van der Waals surface area contributed by atoms with E-state index in [9.17, 15) is 4.79 Å². The number of amides is 1. The maximum atomic E-state index is 12.2. The van der Waals surface area contributed by atoms with Crippen molar-refractivity contribution in [2.24, 2.45) is 0 Å². The van der Waals surface area contributed by atoms with Gasteiger partial charge in [0.25, 0.3) is 5.91 Å². The van der Waals surface area contributed by atoms with Gasteiger partial charge < -0.3 is 14.8 Å². The molecule has 0 fully saturated rings. The van der Waals surface area contributed by atoms with E-state index in [1.807, 2.05) is 49.4 Å². The fourth-order valence-corrected chi connectivity index (χ4v) is 4.07. The number of rotatable bonds is 7. The van der Waals surface area contributed by atoms with Crippen molar-refractivity contribution in [2.45, 2.75) is 13.8 Å². The van der Waals surface area contributed by atoms with E-state index in [-0.39, 0.29) is 12.5 Å². The van der Waals surface area contributed by atoms with E-state index >= 15 is 0 Å². The van der Waals surface area contributed by atoms with E-state index in [0.717, 1.165) is 27.5 Å². The fraction of sp³-hybridized carbons (Fsp3) is 0.167. The quantitative estimate of drug-likeness (QED) is 0.419. The van der Waals surface area contributed by atoms with Crippen molar-refractivity contribution in [3.05, 3.63) is 72.3 Å². The van der Waals surface area contributed by atoms with Gasteiger partial charge in [0.05, 0.1) is 16.8 Å². The minimum Gasteiger partial charge on any atom is -0.494 e. The molecule has 6 heteroatoms. The number of ether oxygens (including phenoxy) is 2. The first kappa shape index (κ1) is 19.9. The summed E-state index contributed by atoms with van der Waals surface area (Å²) >= 11 is 1.67. The molecular formula is C24H22N2O3S. The van der Waals surface area contributed by atoms with E-state index in [1.54, 1.807) is 23.5 Å². The summed E-state index contributed by atoms with van der Waals surface area (Å²) in [5.41, 5.74) is 3.97. The lowest BCUT2D eigenvalue weighted by atomic mass is 10.2. The minimum atomic E-state index is -0.216. The van der Waals surface area contributed by atoms with Crippen molar-refractivity contribution in [3.8, 4) is 22.1 Å². The summed E-state index contributed by atoms with van der Waals surface area (Å²) < 4.78 is 12.1. The monoisotopic (exact) mass is 418 g/mol. The summed E-state index contributed by atoms with van der Waals surface area (Å²) in [6.07, 6.45) is 0. The Labute approximate surface area is 179 Å². The highest BCUT2D eigenvalue weighted by Crippen LogP contribution is 2.31. The predicted molar refractivity (Wildman–Crippen MR) is 122 cm³/mol. The molecule has 0 radical (unpaired) electrons. The van der Waals surface area contributed by atoms with Gasteiger partial charge in [-0.25, -0.2) is 4.98 Å². The molecule has 4 aromatic rings. The molecule has 4 rings (SSSR count). The van der Waals surface area contributed by atoms with Crippen molar-refractivity contribution in [1.82, 2.24) is 4.98 Å². The van der Waals surface area contributed by atoms with Gasteiger partial charge in [-0.2, -0.15) is 0 Å². The van der Waals surface area contributed by atoms with Crippen molar-refractivity contribution >= 4 is 33.1 Å². The third-order valence-corrected chi connectivity index (χ3v) is 5.53. The average Bonchev–Trinajstić information content (AvgIpc) is 3.17. The maximum Gasteiger partial charge on any atom is 0.262 e. The van der Waals surface area contributed by atoms with Crippen LogP contribution in [0.3, 0.4) is 0 Å².